The van der Waals surface area contributed by atoms with Crippen molar-refractivity contribution in [3.8, 4) is 0 Å². The molecule has 0 saturated carbocycles. The fourth-order valence-corrected chi connectivity index (χ4v) is 2.98. The number of carbonyl (C=O) groups is 2. The van der Waals surface area contributed by atoms with Crippen LogP contribution in [0.15, 0.2) is 60.7 Å². The second-order valence-electron chi connectivity index (χ2n) is 6.59. The van der Waals surface area contributed by atoms with E-state index in [1.165, 1.54) is 14.2 Å². The summed E-state index contributed by atoms with van der Waals surface area (Å²) in [5.74, 6) is -0.784. The van der Waals surface area contributed by atoms with E-state index in [-0.39, 0.29) is 5.97 Å². The third kappa shape index (κ3) is 4.29. The standard InChI is InChI=1S/C21H25NO4/c1-21(2,20(24)26-4)18(16-13-9-6-10-14-16)22-17(19(23)25-3)15-11-7-5-8-12-15/h5-14,17-18,22H,1-4H3/t17-,18-/m0/s1. The van der Waals surface area contributed by atoms with Crippen LogP contribution < -0.4 is 5.32 Å². The zero-order valence-corrected chi connectivity index (χ0v) is 15.6. The second kappa shape index (κ2) is 8.63. The van der Waals surface area contributed by atoms with Crippen molar-refractivity contribution in [2.75, 3.05) is 14.2 Å². The SMILES string of the molecule is COC(=O)[C@@H](N[C@@H](c1ccccc1)C(C)(C)C(=O)OC)c1ccccc1. The number of rotatable bonds is 7. The van der Waals surface area contributed by atoms with Gasteiger partial charge in [0.25, 0.3) is 0 Å². The maximum atomic E-state index is 12.4. The molecule has 0 unspecified atom stereocenters. The van der Waals surface area contributed by atoms with Gasteiger partial charge in [0.05, 0.1) is 19.6 Å². The van der Waals surface area contributed by atoms with E-state index in [4.69, 9.17) is 9.47 Å². The number of esters is 2. The maximum absolute atomic E-state index is 12.4. The minimum Gasteiger partial charge on any atom is -0.469 e. The van der Waals surface area contributed by atoms with E-state index in [1.807, 2.05) is 60.7 Å². The molecule has 0 heterocycles. The summed E-state index contributed by atoms with van der Waals surface area (Å²) in [6, 6.07) is 17.7. The first-order valence-electron chi connectivity index (χ1n) is 8.44. The minimum atomic E-state index is -0.906. The van der Waals surface area contributed by atoms with Crippen molar-refractivity contribution >= 4 is 11.9 Å². The first-order valence-corrected chi connectivity index (χ1v) is 8.44. The van der Waals surface area contributed by atoms with Gasteiger partial charge < -0.3 is 9.47 Å². The fraction of sp³-hybridized carbons (Fsp3) is 0.333. The zero-order chi connectivity index (χ0) is 19.2. The van der Waals surface area contributed by atoms with Crippen molar-refractivity contribution in [3.63, 3.8) is 0 Å². The van der Waals surface area contributed by atoms with Crippen LogP contribution >= 0.6 is 0 Å². The van der Waals surface area contributed by atoms with E-state index in [1.54, 1.807) is 13.8 Å². The molecular weight excluding hydrogens is 330 g/mol. The molecule has 2 aromatic carbocycles. The van der Waals surface area contributed by atoms with Gasteiger partial charge in [-0.1, -0.05) is 60.7 Å². The molecule has 26 heavy (non-hydrogen) atoms. The topological polar surface area (TPSA) is 64.6 Å². The normalized spacial score (nSPS) is 13.5. The molecule has 0 aliphatic carbocycles. The monoisotopic (exact) mass is 355 g/mol. The highest BCUT2D eigenvalue weighted by atomic mass is 16.5. The lowest BCUT2D eigenvalue weighted by Gasteiger charge is -2.35. The average molecular weight is 355 g/mol. The van der Waals surface area contributed by atoms with Crippen molar-refractivity contribution in [1.29, 1.82) is 0 Å². The van der Waals surface area contributed by atoms with Crippen LogP contribution in [0, 0.1) is 5.41 Å². The number of ether oxygens (including phenoxy) is 2. The Bertz CT molecular complexity index is 728. The van der Waals surface area contributed by atoms with Crippen molar-refractivity contribution in [2.45, 2.75) is 25.9 Å². The van der Waals surface area contributed by atoms with Gasteiger partial charge in [-0.3, -0.25) is 10.1 Å². The Morgan fingerprint density at radius 3 is 1.81 bits per heavy atom. The summed E-state index contributed by atoms with van der Waals surface area (Å²) in [6.07, 6.45) is 0. The van der Waals surface area contributed by atoms with Crippen molar-refractivity contribution in [2.24, 2.45) is 5.41 Å². The number of hydrogen-bond donors (Lipinski definition) is 1. The van der Waals surface area contributed by atoms with Crippen LogP contribution in [-0.2, 0) is 19.1 Å². The van der Waals surface area contributed by atoms with Gasteiger partial charge in [0.15, 0.2) is 0 Å². The van der Waals surface area contributed by atoms with Gasteiger partial charge in [-0.25, -0.2) is 4.79 Å². The van der Waals surface area contributed by atoms with Crippen LogP contribution in [0.3, 0.4) is 0 Å². The van der Waals surface area contributed by atoms with E-state index in [0.29, 0.717) is 0 Å². The third-order valence-corrected chi connectivity index (χ3v) is 4.47. The molecule has 0 saturated heterocycles. The highest BCUT2D eigenvalue weighted by molar-refractivity contribution is 5.79. The summed E-state index contributed by atoms with van der Waals surface area (Å²) in [4.78, 5) is 24.9. The minimum absolute atomic E-state index is 0.365. The first kappa shape index (κ1) is 19.7. The van der Waals surface area contributed by atoms with Crippen molar-refractivity contribution in [3.05, 3.63) is 71.8 Å². The van der Waals surface area contributed by atoms with Crippen LogP contribution in [0.5, 0.6) is 0 Å². The summed E-state index contributed by atoms with van der Waals surface area (Å²) in [7, 11) is 2.71. The summed E-state index contributed by atoms with van der Waals surface area (Å²) in [6.45, 7) is 3.59. The van der Waals surface area contributed by atoms with E-state index in [9.17, 15) is 9.59 Å². The number of methoxy groups -OCH3 is 2. The highest BCUT2D eigenvalue weighted by Crippen LogP contribution is 2.36. The lowest BCUT2D eigenvalue weighted by Crippen LogP contribution is -2.44. The first-order chi connectivity index (χ1) is 12.4. The van der Waals surface area contributed by atoms with E-state index < -0.39 is 23.5 Å². The smallest absolute Gasteiger partial charge is 0.327 e. The largest absolute Gasteiger partial charge is 0.469 e. The van der Waals surface area contributed by atoms with Gasteiger partial charge in [0, 0.05) is 6.04 Å². The van der Waals surface area contributed by atoms with E-state index in [0.717, 1.165) is 11.1 Å². The predicted molar refractivity (Wildman–Crippen MR) is 99.3 cm³/mol. The van der Waals surface area contributed by atoms with Gasteiger partial charge >= 0.3 is 11.9 Å². The summed E-state index contributed by atoms with van der Waals surface area (Å²) in [5.41, 5.74) is 0.741. The summed E-state index contributed by atoms with van der Waals surface area (Å²) < 4.78 is 9.98. The van der Waals surface area contributed by atoms with E-state index in [2.05, 4.69) is 5.32 Å². The number of carbonyl (C=O) groups excluding carboxylic acids is 2. The quantitative estimate of drug-likeness (QED) is 0.771. The number of hydrogen-bond acceptors (Lipinski definition) is 5. The molecule has 2 aromatic rings. The Kier molecular flexibility index (Phi) is 6.52. The van der Waals surface area contributed by atoms with E-state index >= 15 is 0 Å². The molecule has 2 atom stereocenters. The van der Waals surface area contributed by atoms with Gasteiger partial charge in [-0.15, -0.1) is 0 Å². The molecule has 0 aliphatic heterocycles. The third-order valence-electron chi connectivity index (χ3n) is 4.47. The van der Waals surface area contributed by atoms with Gasteiger partial charge in [0.2, 0.25) is 0 Å². The molecule has 0 aromatic heterocycles. The highest BCUT2D eigenvalue weighted by Gasteiger charge is 2.41. The molecule has 0 amide bonds. The lowest BCUT2D eigenvalue weighted by atomic mass is 9.79. The van der Waals surface area contributed by atoms with Crippen LogP contribution in [0.25, 0.3) is 0 Å². The van der Waals surface area contributed by atoms with Crippen LogP contribution in [0.2, 0.25) is 0 Å². The molecule has 5 heteroatoms. The van der Waals surface area contributed by atoms with Gasteiger partial charge in [-0.2, -0.15) is 0 Å². The van der Waals surface area contributed by atoms with Crippen LogP contribution in [0.4, 0.5) is 0 Å². The summed E-state index contributed by atoms with van der Waals surface area (Å²) in [5, 5.41) is 3.32. The molecule has 0 aliphatic rings. The second-order valence-corrected chi connectivity index (χ2v) is 6.59. The number of benzene rings is 2. The molecule has 1 N–H and O–H groups in total. The van der Waals surface area contributed by atoms with Gasteiger partial charge in [-0.05, 0) is 25.0 Å². The molecule has 5 nitrogen and oxygen atoms in total. The molecule has 138 valence electrons. The van der Waals surface area contributed by atoms with Crippen LogP contribution in [0.1, 0.15) is 37.1 Å². The molecular formula is C21H25NO4. The average Bonchev–Trinajstić information content (AvgIpc) is 2.68. The van der Waals surface area contributed by atoms with Gasteiger partial charge in [0.1, 0.15) is 6.04 Å². The maximum Gasteiger partial charge on any atom is 0.327 e. The Labute approximate surface area is 154 Å². The lowest BCUT2D eigenvalue weighted by molar-refractivity contribution is -0.154. The Morgan fingerprint density at radius 2 is 1.35 bits per heavy atom. The Balaban J connectivity index is 2.47. The Morgan fingerprint density at radius 1 is 0.846 bits per heavy atom. The van der Waals surface area contributed by atoms with Crippen molar-refractivity contribution in [1.82, 2.24) is 5.32 Å². The predicted octanol–water partition coefficient (Wildman–Crippen LogP) is 3.43. The Hall–Kier alpha value is -2.66. The molecule has 0 fully saturated rings. The fourth-order valence-electron chi connectivity index (χ4n) is 2.98. The molecule has 0 spiro atoms. The zero-order valence-electron chi connectivity index (χ0n) is 15.6. The number of nitrogens with one attached hydrogen (secondary N) is 1. The molecule has 2 rings (SSSR count). The summed E-state index contributed by atoms with van der Waals surface area (Å²) >= 11 is 0. The molecule has 0 radical (unpaired) electrons. The van der Waals surface area contributed by atoms with Crippen molar-refractivity contribution < 1.29 is 19.1 Å². The molecule has 0 bridgehead atoms. The van der Waals surface area contributed by atoms with Crippen LogP contribution in [-0.4, -0.2) is 26.2 Å².